The summed E-state index contributed by atoms with van der Waals surface area (Å²) in [6.07, 6.45) is 0. The first-order valence-corrected chi connectivity index (χ1v) is 2.73. The number of aliphatic hydroxyl groups excluding tert-OH is 1. The number of rotatable bonds is 2. The average molecular weight is 126 g/mol. The van der Waals surface area contributed by atoms with Crippen LogP contribution in [-0.4, -0.2) is 24.8 Å². The second-order valence-electron chi connectivity index (χ2n) is 0.718. The molecule has 0 spiro atoms. The van der Waals surface area contributed by atoms with Crippen LogP contribution < -0.4 is 4.72 Å². The Morgan fingerprint density at radius 3 is 2.00 bits per heavy atom. The van der Waals surface area contributed by atoms with Crippen molar-refractivity contribution in [2.45, 2.75) is 0 Å². The summed E-state index contributed by atoms with van der Waals surface area (Å²) in [7, 11) is -4.30. The van der Waals surface area contributed by atoms with E-state index >= 15 is 0 Å². The lowest BCUT2D eigenvalue weighted by Gasteiger charge is -1.85. The van der Waals surface area contributed by atoms with Crippen LogP contribution in [0.5, 0.6) is 0 Å². The molecule has 0 unspecified atom stereocenters. The zero-order chi connectivity index (χ0) is 5.91. The van der Waals surface area contributed by atoms with Gasteiger partial charge in [-0.25, -0.2) is 0 Å². The van der Waals surface area contributed by atoms with Crippen LogP contribution in [0.3, 0.4) is 0 Å². The number of hydrogen-bond acceptors (Lipinski definition) is 3. The first-order chi connectivity index (χ1) is 3.06. The van der Waals surface area contributed by atoms with Crippen molar-refractivity contribution >= 4 is 10.3 Å². The van der Waals surface area contributed by atoms with Crippen LogP contribution in [0.2, 0.25) is 0 Å². The van der Waals surface area contributed by atoms with Gasteiger partial charge in [-0.2, -0.15) is 8.42 Å². The maximum absolute atomic E-state index is 9.46. The van der Waals surface area contributed by atoms with Gasteiger partial charge >= 0.3 is 10.3 Å². The molecule has 0 aromatic heterocycles. The topological polar surface area (TPSA) is 88.7 Å². The molecule has 0 fully saturated rings. The predicted octanol–water partition coefficient (Wildman–Crippen LogP) is -1.66. The average Bonchev–Trinajstić information content (AvgIpc) is 1.30. The van der Waals surface area contributed by atoms with Crippen LogP contribution in [0.15, 0.2) is 0 Å². The van der Waals surface area contributed by atoms with Crippen LogP contribution in [0.4, 0.5) is 0 Å². The van der Waals surface area contributed by atoms with Gasteiger partial charge in [0.25, 0.3) is 0 Å². The summed E-state index contributed by atoms with van der Waals surface area (Å²) in [5.74, 6) is 0. The van der Waals surface area contributed by atoms with Crippen molar-refractivity contribution in [2.24, 2.45) is 0 Å². The standard InChI is InChI=1S/CH4NO4S/c3-1-2-7(4,5)6/h3H,1H2,(H,4,5,6). The van der Waals surface area contributed by atoms with Gasteiger partial charge in [0.15, 0.2) is 0 Å². The second-order valence-corrected chi connectivity index (χ2v) is 1.87. The zero-order valence-corrected chi connectivity index (χ0v) is 4.09. The summed E-state index contributed by atoms with van der Waals surface area (Å²) in [5, 5.41) is 7.70. The lowest BCUT2D eigenvalue weighted by atomic mass is 11.4. The molecule has 43 valence electrons. The van der Waals surface area contributed by atoms with E-state index in [2.05, 4.69) is 4.72 Å². The zero-order valence-electron chi connectivity index (χ0n) is 3.27. The number of nitrogens with zero attached hydrogens (tertiary/aromatic N) is 1. The molecule has 5 nitrogen and oxygen atoms in total. The Morgan fingerprint density at radius 1 is 1.57 bits per heavy atom. The molecule has 0 atom stereocenters. The first kappa shape index (κ1) is 6.83. The van der Waals surface area contributed by atoms with Crippen molar-refractivity contribution in [1.82, 2.24) is 4.72 Å². The molecule has 0 aromatic carbocycles. The van der Waals surface area contributed by atoms with Crippen LogP contribution in [-0.2, 0) is 10.3 Å². The van der Waals surface area contributed by atoms with Crippen molar-refractivity contribution in [3.63, 3.8) is 0 Å². The molecule has 0 aliphatic heterocycles. The number of aliphatic hydroxyl groups is 1. The third kappa shape index (κ3) is 5.83. The Balaban J connectivity index is 3.60. The summed E-state index contributed by atoms with van der Waals surface area (Å²) in [4.78, 5) is 0. The van der Waals surface area contributed by atoms with E-state index in [0.29, 0.717) is 0 Å². The fourth-order valence-electron chi connectivity index (χ4n) is 0.0730. The van der Waals surface area contributed by atoms with Crippen LogP contribution in [0, 0.1) is 0 Å². The van der Waals surface area contributed by atoms with Gasteiger partial charge in [-0.1, -0.05) is 4.72 Å². The van der Waals surface area contributed by atoms with Crippen molar-refractivity contribution in [1.29, 1.82) is 0 Å². The van der Waals surface area contributed by atoms with E-state index in [9.17, 15) is 8.42 Å². The molecule has 0 aliphatic carbocycles. The normalized spacial score (nSPS) is 11.7. The van der Waals surface area contributed by atoms with Gasteiger partial charge in [-0.15, -0.1) is 0 Å². The lowest BCUT2D eigenvalue weighted by Crippen LogP contribution is -2.14. The Morgan fingerprint density at radius 2 is 2.00 bits per heavy atom. The minimum atomic E-state index is -4.30. The molecule has 0 rings (SSSR count). The molecule has 1 radical (unpaired) electrons. The largest absolute Gasteiger partial charge is 0.379 e. The highest BCUT2D eigenvalue weighted by atomic mass is 32.2. The van der Waals surface area contributed by atoms with Crippen LogP contribution in [0.1, 0.15) is 0 Å². The van der Waals surface area contributed by atoms with E-state index in [1.54, 1.807) is 0 Å². The fraction of sp³-hybridized carbons (Fsp3) is 1.00. The lowest BCUT2D eigenvalue weighted by molar-refractivity contribution is 0.278. The summed E-state index contributed by atoms with van der Waals surface area (Å²) in [5.41, 5.74) is 0. The molecular weight excluding hydrogens is 122 g/mol. The highest BCUT2D eigenvalue weighted by Crippen LogP contribution is 1.69. The maximum atomic E-state index is 9.46. The van der Waals surface area contributed by atoms with Crippen molar-refractivity contribution in [3.8, 4) is 0 Å². The van der Waals surface area contributed by atoms with E-state index < -0.39 is 17.0 Å². The SMILES string of the molecule is O=S(=O)(O)[N]CO. The van der Waals surface area contributed by atoms with E-state index in [1.807, 2.05) is 0 Å². The summed E-state index contributed by atoms with van der Waals surface area (Å²) in [6.45, 7) is -0.904. The van der Waals surface area contributed by atoms with Crippen molar-refractivity contribution in [3.05, 3.63) is 0 Å². The van der Waals surface area contributed by atoms with E-state index in [-0.39, 0.29) is 0 Å². The number of hydrogen-bond donors (Lipinski definition) is 2. The third-order valence-corrected chi connectivity index (χ3v) is 0.663. The van der Waals surface area contributed by atoms with Gasteiger partial charge in [0.05, 0.1) is 0 Å². The molecule has 0 heterocycles. The van der Waals surface area contributed by atoms with E-state index in [4.69, 9.17) is 9.66 Å². The monoisotopic (exact) mass is 126 g/mol. The quantitative estimate of drug-likeness (QED) is 0.433. The van der Waals surface area contributed by atoms with Gasteiger partial charge in [-0.05, 0) is 0 Å². The summed E-state index contributed by atoms with van der Waals surface area (Å²) >= 11 is 0. The Bertz CT molecular complexity index is 125. The van der Waals surface area contributed by atoms with Gasteiger partial charge in [0.2, 0.25) is 0 Å². The van der Waals surface area contributed by atoms with Gasteiger partial charge in [-0.3, -0.25) is 4.55 Å². The van der Waals surface area contributed by atoms with Crippen LogP contribution in [0.25, 0.3) is 0 Å². The first-order valence-electron chi connectivity index (χ1n) is 1.33. The molecule has 2 N–H and O–H groups in total. The maximum Gasteiger partial charge on any atom is 0.352 e. The highest BCUT2D eigenvalue weighted by Gasteiger charge is 1.99. The van der Waals surface area contributed by atoms with E-state index in [1.165, 1.54) is 0 Å². The van der Waals surface area contributed by atoms with Crippen molar-refractivity contribution < 1.29 is 18.1 Å². The second kappa shape index (κ2) is 2.22. The highest BCUT2D eigenvalue weighted by molar-refractivity contribution is 7.83. The molecule has 0 bridgehead atoms. The molecule has 6 heteroatoms. The minimum absolute atomic E-state index is 0.904. The Kier molecular flexibility index (Phi) is 2.16. The van der Waals surface area contributed by atoms with Gasteiger partial charge in [0, 0.05) is 0 Å². The smallest absolute Gasteiger partial charge is 0.352 e. The molecule has 0 aromatic rings. The molecule has 0 amide bonds. The fourth-order valence-corrected chi connectivity index (χ4v) is 0.219. The molecular formula is CH4NO4S. The molecule has 0 saturated carbocycles. The molecule has 0 saturated heterocycles. The van der Waals surface area contributed by atoms with Crippen molar-refractivity contribution in [2.75, 3.05) is 6.73 Å². The Hall–Kier alpha value is -0.170. The molecule has 0 aliphatic rings. The van der Waals surface area contributed by atoms with Crippen LogP contribution >= 0.6 is 0 Å². The third-order valence-electron chi connectivity index (χ3n) is 0.221. The predicted molar refractivity (Wildman–Crippen MR) is 20.8 cm³/mol. The van der Waals surface area contributed by atoms with Gasteiger partial charge in [0.1, 0.15) is 6.73 Å². The minimum Gasteiger partial charge on any atom is -0.379 e. The summed E-state index contributed by atoms with van der Waals surface area (Å²) in [6, 6.07) is 0. The summed E-state index contributed by atoms with van der Waals surface area (Å²) < 4.78 is 28.9. The molecule has 7 heavy (non-hydrogen) atoms. The van der Waals surface area contributed by atoms with E-state index in [0.717, 1.165) is 0 Å². The Labute approximate surface area is 40.8 Å². The van der Waals surface area contributed by atoms with Gasteiger partial charge < -0.3 is 5.11 Å².